The second-order valence-electron chi connectivity index (χ2n) is 4.29. The maximum atomic E-state index is 10.6. The fourth-order valence-electron chi connectivity index (χ4n) is 1.78. The topological polar surface area (TPSA) is 112 Å². The van der Waals surface area contributed by atoms with Gasteiger partial charge in [-0.15, -0.1) is 0 Å². The zero-order valence-corrected chi connectivity index (χ0v) is 10.9. The Balaban J connectivity index is 1.74. The van der Waals surface area contributed by atoms with Crippen molar-refractivity contribution in [1.29, 1.82) is 0 Å². The molecule has 0 fully saturated rings. The largest absolute Gasteiger partial charge is 0.378 e. The molecular weight excluding hydrogens is 260 g/mol. The molecule has 8 nitrogen and oxygen atoms in total. The molecule has 0 unspecified atom stereocenters. The number of imidazole rings is 1. The Kier molecular flexibility index (Phi) is 4.48. The summed E-state index contributed by atoms with van der Waals surface area (Å²) < 4.78 is 2.02. The van der Waals surface area contributed by atoms with Gasteiger partial charge in [-0.05, 0) is 18.9 Å². The van der Waals surface area contributed by atoms with Crippen LogP contribution in [0.15, 0.2) is 30.9 Å². The van der Waals surface area contributed by atoms with Gasteiger partial charge in [0.25, 0.3) is 0 Å². The molecule has 8 heteroatoms. The first-order valence-corrected chi connectivity index (χ1v) is 6.27. The molecule has 106 valence electrons. The predicted octanol–water partition coefficient (Wildman–Crippen LogP) is 1.66. The van der Waals surface area contributed by atoms with Crippen LogP contribution < -0.4 is 11.1 Å². The van der Waals surface area contributed by atoms with Crippen molar-refractivity contribution in [1.82, 2.24) is 14.5 Å². The first-order chi connectivity index (χ1) is 9.66. The number of nitrogens with zero attached hydrogens (tertiary/aromatic N) is 4. The highest BCUT2D eigenvalue weighted by Crippen LogP contribution is 2.20. The van der Waals surface area contributed by atoms with E-state index in [1.807, 2.05) is 10.8 Å². The number of unbranched alkanes of at least 4 members (excludes halogenated alkanes) is 1. The second kappa shape index (κ2) is 6.50. The predicted molar refractivity (Wildman–Crippen MR) is 75.3 cm³/mol. The zero-order valence-electron chi connectivity index (χ0n) is 10.9. The minimum absolute atomic E-state index is 0.0709. The number of pyridine rings is 1. The van der Waals surface area contributed by atoms with Crippen molar-refractivity contribution < 1.29 is 4.92 Å². The Labute approximate surface area is 115 Å². The average molecular weight is 276 g/mol. The minimum Gasteiger partial charge on any atom is -0.378 e. The number of nitrogen functional groups attached to an aromatic ring is 1. The van der Waals surface area contributed by atoms with Crippen LogP contribution in [0, 0.1) is 10.1 Å². The Bertz CT molecular complexity index is 569. The summed E-state index contributed by atoms with van der Waals surface area (Å²) in [5.41, 5.74) is 5.34. The van der Waals surface area contributed by atoms with Crippen LogP contribution in [0.25, 0.3) is 0 Å². The van der Waals surface area contributed by atoms with Crippen molar-refractivity contribution in [3.63, 3.8) is 0 Å². The molecule has 2 aromatic rings. The quantitative estimate of drug-likeness (QED) is 0.452. The van der Waals surface area contributed by atoms with Crippen molar-refractivity contribution in [3.05, 3.63) is 41.0 Å². The van der Waals surface area contributed by atoms with E-state index in [-0.39, 0.29) is 11.5 Å². The highest BCUT2D eigenvalue weighted by atomic mass is 16.6. The first-order valence-electron chi connectivity index (χ1n) is 6.27. The van der Waals surface area contributed by atoms with Crippen molar-refractivity contribution in [2.75, 3.05) is 17.6 Å². The highest BCUT2D eigenvalue weighted by Gasteiger charge is 2.12. The zero-order chi connectivity index (χ0) is 14.4. The molecule has 0 bridgehead atoms. The number of nitrogens with one attached hydrogen (secondary N) is 1. The van der Waals surface area contributed by atoms with Crippen LogP contribution in [-0.2, 0) is 6.54 Å². The number of hydrogen-bond donors (Lipinski definition) is 2. The summed E-state index contributed by atoms with van der Waals surface area (Å²) >= 11 is 0. The van der Waals surface area contributed by atoms with Crippen molar-refractivity contribution in [2.24, 2.45) is 0 Å². The van der Waals surface area contributed by atoms with Crippen LogP contribution in [0.2, 0.25) is 0 Å². The van der Waals surface area contributed by atoms with E-state index in [0.717, 1.165) is 25.9 Å². The number of hydrogen-bond acceptors (Lipinski definition) is 6. The summed E-state index contributed by atoms with van der Waals surface area (Å²) in [5.74, 6) is 0.481. The first kappa shape index (κ1) is 13.8. The SMILES string of the molecule is Nc1nc(NCCCCn2ccnc2)ccc1[N+](=O)[O-]. The molecule has 0 aliphatic carbocycles. The molecule has 2 rings (SSSR count). The molecule has 2 aromatic heterocycles. The van der Waals surface area contributed by atoms with Gasteiger partial charge in [0.15, 0.2) is 0 Å². The van der Waals surface area contributed by atoms with E-state index in [1.54, 1.807) is 18.6 Å². The van der Waals surface area contributed by atoms with Crippen molar-refractivity contribution >= 4 is 17.3 Å². The molecule has 0 saturated carbocycles. The third kappa shape index (κ3) is 3.67. The van der Waals surface area contributed by atoms with Crippen molar-refractivity contribution in [2.45, 2.75) is 19.4 Å². The maximum absolute atomic E-state index is 10.6. The second-order valence-corrected chi connectivity index (χ2v) is 4.29. The van der Waals surface area contributed by atoms with Crippen LogP contribution in [-0.4, -0.2) is 26.0 Å². The number of nitro groups is 1. The average Bonchev–Trinajstić information content (AvgIpc) is 2.91. The van der Waals surface area contributed by atoms with E-state index in [9.17, 15) is 10.1 Å². The van der Waals surface area contributed by atoms with E-state index >= 15 is 0 Å². The maximum Gasteiger partial charge on any atom is 0.311 e. The van der Waals surface area contributed by atoms with Crippen LogP contribution in [0.1, 0.15) is 12.8 Å². The minimum atomic E-state index is -0.544. The summed E-state index contributed by atoms with van der Waals surface area (Å²) in [7, 11) is 0. The molecule has 0 aliphatic rings. The number of aromatic nitrogens is 3. The number of nitrogens with two attached hydrogens (primary N) is 1. The molecule has 0 amide bonds. The number of aryl methyl sites for hydroxylation is 1. The molecule has 0 aromatic carbocycles. The molecule has 20 heavy (non-hydrogen) atoms. The smallest absolute Gasteiger partial charge is 0.311 e. The number of anilines is 2. The lowest BCUT2D eigenvalue weighted by molar-refractivity contribution is -0.384. The monoisotopic (exact) mass is 276 g/mol. The Morgan fingerprint density at radius 2 is 2.25 bits per heavy atom. The van der Waals surface area contributed by atoms with Crippen LogP contribution in [0.3, 0.4) is 0 Å². The summed E-state index contributed by atoms with van der Waals surface area (Å²) in [6.45, 7) is 1.65. The van der Waals surface area contributed by atoms with Gasteiger partial charge in [0.05, 0.1) is 11.3 Å². The van der Waals surface area contributed by atoms with Gasteiger partial charge in [-0.2, -0.15) is 0 Å². The van der Waals surface area contributed by atoms with Crippen LogP contribution in [0.5, 0.6) is 0 Å². The third-order valence-electron chi connectivity index (χ3n) is 2.81. The van der Waals surface area contributed by atoms with Gasteiger partial charge in [-0.3, -0.25) is 10.1 Å². The Morgan fingerprint density at radius 1 is 1.40 bits per heavy atom. The summed E-state index contributed by atoms with van der Waals surface area (Å²) in [4.78, 5) is 18.0. The van der Waals surface area contributed by atoms with E-state index in [1.165, 1.54) is 6.07 Å². The molecule has 0 atom stereocenters. The van der Waals surface area contributed by atoms with E-state index in [0.29, 0.717) is 5.82 Å². The van der Waals surface area contributed by atoms with Gasteiger partial charge < -0.3 is 15.6 Å². The summed E-state index contributed by atoms with van der Waals surface area (Å²) in [6, 6.07) is 2.92. The van der Waals surface area contributed by atoms with E-state index < -0.39 is 4.92 Å². The van der Waals surface area contributed by atoms with Crippen LogP contribution in [0.4, 0.5) is 17.3 Å². The van der Waals surface area contributed by atoms with Crippen molar-refractivity contribution in [3.8, 4) is 0 Å². The molecule has 0 aliphatic heterocycles. The van der Waals surface area contributed by atoms with Gasteiger partial charge >= 0.3 is 5.69 Å². The summed E-state index contributed by atoms with van der Waals surface area (Å²) in [5, 5.41) is 13.7. The van der Waals surface area contributed by atoms with Gasteiger partial charge in [0, 0.05) is 31.5 Å². The number of rotatable bonds is 7. The Morgan fingerprint density at radius 3 is 2.90 bits per heavy atom. The van der Waals surface area contributed by atoms with Crippen LogP contribution >= 0.6 is 0 Å². The summed E-state index contributed by atoms with van der Waals surface area (Å²) in [6.07, 6.45) is 7.42. The molecule has 2 heterocycles. The van der Waals surface area contributed by atoms with Gasteiger partial charge in [0.2, 0.25) is 5.82 Å². The molecule has 3 N–H and O–H groups in total. The third-order valence-corrected chi connectivity index (χ3v) is 2.81. The fourth-order valence-corrected chi connectivity index (χ4v) is 1.78. The highest BCUT2D eigenvalue weighted by molar-refractivity contribution is 5.57. The molecule has 0 radical (unpaired) electrons. The van der Waals surface area contributed by atoms with E-state index in [4.69, 9.17) is 5.73 Å². The van der Waals surface area contributed by atoms with Gasteiger partial charge in [-0.25, -0.2) is 9.97 Å². The normalized spacial score (nSPS) is 10.4. The van der Waals surface area contributed by atoms with E-state index in [2.05, 4.69) is 15.3 Å². The lowest BCUT2D eigenvalue weighted by Gasteiger charge is -2.06. The standard InChI is InChI=1S/C12H16N6O2/c13-12-10(18(19)20)3-4-11(16-12)15-5-1-2-7-17-8-6-14-9-17/h3-4,6,8-9H,1-2,5,7H2,(H3,13,15,16). The van der Waals surface area contributed by atoms with Gasteiger partial charge in [-0.1, -0.05) is 0 Å². The van der Waals surface area contributed by atoms with Gasteiger partial charge in [0.1, 0.15) is 5.82 Å². The molecule has 0 saturated heterocycles. The lowest BCUT2D eigenvalue weighted by atomic mass is 10.3. The molecular formula is C12H16N6O2. The molecule has 0 spiro atoms. The lowest BCUT2D eigenvalue weighted by Crippen LogP contribution is -2.07. The fraction of sp³-hybridized carbons (Fsp3) is 0.333. The Hall–Kier alpha value is -2.64.